The van der Waals surface area contributed by atoms with E-state index < -0.39 is 0 Å². The first-order chi connectivity index (χ1) is 8.83. The van der Waals surface area contributed by atoms with Crippen LogP contribution in [0.4, 0.5) is 0 Å². The minimum atomic E-state index is 0.421. The normalized spacial score (nSPS) is 33.1. The molecule has 1 aliphatic heterocycles. The van der Waals surface area contributed by atoms with Gasteiger partial charge in [0.25, 0.3) is 0 Å². The van der Waals surface area contributed by atoms with Gasteiger partial charge in [-0.25, -0.2) is 0 Å². The van der Waals surface area contributed by atoms with Crippen molar-refractivity contribution >= 4 is 5.84 Å². The predicted octanol–water partition coefficient (Wildman–Crippen LogP) is 4.49. The Morgan fingerprint density at radius 1 is 1.16 bits per heavy atom. The molecule has 0 spiro atoms. The van der Waals surface area contributed by atoms with Crippen LogP contribution in [0.1, 0.15) is 73.6 Å². The molecule has 0 bridgehead atoms. The van der Waals surface area contributed by atoms with Crippen molar-refractivity contribution in [3.63, 3.8) is 0 Å². The van der Waals surface area contributed by atoms with Crippen molar-refractivity contribution in [3.05, 3.63) is 0 Å². The van der Waals surface area contributed by atoms with Crippen molar-refractivity contribution in [3.8, 4) is 0 Å². The second-order valence-electron chi connectivity index (χ2n) is 7.73. The second-order valence-corrected chi connectivity index (χ2v) is 7.73. The van der Waals surface area contributed by atoms with Crippen LogP contribution in [-0.2, 0) is 0 Å². The van der Waals surface area contributed by atoms with E-state index in [1.54, 1.807) is 0 Å². The lowest BCUT2D eigenvalue weighted by Gasteiger charge is -2.54. The topological polar surface area (TPSA) is 15.6 Å². The Morgan fingerprint density at radius 3 is 2.42 bits per heavy atom. The first kappa shape index (κ1) is 14.9. The number of amidine groups is 1. The fourth-order valence-electron chi connectivity index (χ4n) is 4.31. The molecule has 2 atom stereocenters. The molecule has 0 aromatic rings. The number of rotatable bonds is 2. The average molecular weight is 264 g/mol. The molecule has 2 nitrogen and oxygen atoms in total. The lowest BCUT2D eigenvalue weighted by atomic mass is 9.63. The van der Waals surface area contributed by atoms with Crippen LogP contribution in [-0.4, -0.2) is 28.9 Å². The van der Waals surface area contributed by atoms with Crippen LogP contribution in [0.5, 0.6) is 0 Å². The summed E-state index contributed by atoms with van der Waals surface area (Å²) >= 11 is 0. The van der Waals surface area contributed by atoms with Crippen molar-refractivity contribution in [2.24, 2.45) is 16.3 Å². The summed E-state index contributed by atoms with van der Waals surface area (Å²) in [6.07, 6.45) is 6.67. The largest absolute Gasteiger partial charge is 0.355 e. The van der Waals surface area contributed by atoms with Crippen LogP contribution < -0.4 is 0 Å². The molecule has 2 aliphatic rings. The molecule has 1 heterocycles. The van der Waals surface area contributed by atoms with E-state index in [0.717, 1.165) is 12.0 Å². The predicted molar refractivity (Wildman–Crippen MR) is 83.7 cm³/mol. The van der Waals surface area contributed by atoms with Crippen molar-refractivity contribution in [1.82, 2.24) is 4.90 Å². The van der Waals surface area contributed by atoms with Gasteiger partial charge in [-0.15, -0.1) is 0 Å². The number of hydrogen-bond acceptors (Lipinski definition) is 1. The van der Waals surface area contributed by atoms with Gasteiger partial charge in [0.05, 0.1) is 5.84 Å². The van der Waals surface area contributed by atoms with Crippen molar-refractivity contribution < 1.29 is 0 Å². The fraction of sp³-hybridized carbons (Fsp3) is 0.941. The highest BCUT2D eigenvalue weighted by Gasteiger charge is 2.45. The Bertz CT molecular complexity index is 341. The van der Waals surface area contributed by atoms with E-state index in [-0.39, 0.29) is 0 Å². The Kier molecular flexibility index (Phi) is 4.27. The molecule has 0 N–H and O–H groups in total. The van der Waals surface area contributed by atoms with Gasteiger partial charge in [-0.2, -0.15) is 0 Å². The Labute approximate surface area is 119 Å². The number of nitrogens with zero attached hydrogens (tertiary/aromatic N) is 2. The zero-order valence-electron chi connectivity index (χ0n) is 13.7. The van der Waals surface area contributed by atoms with Gasteiger partial charge in [0, 0.05) is 24.5 Å². The minimum absolute atomic E-state index is 0.421. The molecule has 0 radical (unpaired) electrons. The molecule has 1 aliphatic carbocycles. The first-order valence-electron chi connectivity index (χ1n) is 8.18. The van der Waals surface area contributed by atoms with Crippen LogP contribution in [0.15, 0.2) is 4.99 Å². The van der Waals surface area contributed by atoms with E-state index >= 15 is 0 Å². The summed E-state index contributed by atoms with van der Waals surface area (Å²) in [7, 11) is 0. The third-order valence-electron chi connectivity index (χ3n) is 5.09. The lowest BCUT2D eigenvalue weighted by Crippen LogP contribution is -2.57. The van der Waals surface area contributed by atoms with Gasteiger partial charge >= 0.3 is 0 Å². The molecule has 1 saturated heterocycles. The van der Waals surface area contributed by atoms with Crippen LogP contribution in [0.25, 0.3) is 0 Å². The molecule has 2 rings (SSSR count). The van der Waals surface area contributed by atoms with E-state index in [2.05, 4.69) is 46.4 Å². The molecule has 19 heavy (non-hydrogen) atoms. The highest BCUT2D eigenvalue weighted by Crippen LogP contribution is 2.47. The van der Waals surface area contributed by atoms with Crippen LogP contribution in [0.2, 0.25) is 0 Å². The summed E-state index contributed by atoms with van der Waals surface area (Å²) < 4.78 is 0. The summed E-state index contributed by atoms with van der Waals surface area (Å²) in [6.45, 7) is 14.0. The third kappa shape index (κ3) is 2.98. The monoisotopic (exact) mass is 264 g/mol. The van der Waals surface area contributed by atoms with Crippen LogP contribution in [0, 0.1) is 11.3 Å². The maximum absolute atomic E-state index is 4.92. The van der Waals surface area contributed by atoms with Crippen LogP contribution >= 0.6 is 0 Å². The fourth-order valence-corrected chi connectivity index (χ4v) is 4.31. The smallest absolute Gasteiger partial charge is 0.0997 e. The summed E-state index contributed by atoms with van der Waals surface area (Å²) in [5.41, 5.74) is 0.513. The van der Waals surface area contributed by atoms with E-state index in [9.17, 15) is 0 Å². The quantitative estimate of drug-likeness (QED) is 0.717. The average Bonchev–Trinajstić information content (AvgIpc) is 2.26. The minimum Gasteiger partial charge on any atom is -0.355 e. The van der Waals surface area contributed by atoms with Gasteiger partial charge in [-0.3, -0.25) is 4.99 Å². The Balaban J connectivity index is 2.28. The van der Waals surface area contributed by atoms with Gasteiger partial charge in [0.1, 0.15) is 0 Å². The van der Waals surface area contributed by atoms with Crippen molar-refractivity contribution in [2.45, 2.75) is 91.8 Å². The third-order valence-corrected chi connectivity index (χ3v) is 5.09. The highest BCUT2D eigenvalue weighted by atomic mass is 15.3. The zero-order valence-corrected chi connectivity index (χ0v) is 13.7. The van der Waals surface area contributed by atoms with Crippen molar-refractivity contribution in [2.75, 3.05) is 0 Å². The van der Waals surface area contributed by atoms with E-state index in [1.807, 2.05) is 0 Å². The van der Waals surface area contributed by atoms with E-state index in [0.29, 0.717) is 17.5 Å². The Hall–Kier alpha value is -0.530. The standard InChI is InChI=1S/C17H32N2/c1-12(2)18-16-10-9-14-15(19(16)13(3)4)8-7-11-17(14,5)6/h12-15H,7-11H2,1-6H3. The molecule has 0 amide bonds. The summed E-state index contributed by atoms with van der Waals surface area (Å²) in [4.78, 5) is 7.58. The maximum Gasteiger partial charge on any atom is 0.0997 e. The zero-order chi connectivity index (χ0) is 14.2. The SMILES string of the molecule is CC(C)N=C1CCC2C(CCCC2(C)C)N1C(C)C. The van der Waals surface area contributed by atoms with Gasteiger partial charge in [0.15, 0.2) is 0 Å². The van der Waals surface area contributed by atoms with Gasteiger partial charge in [-0.1, -0.05) is 20.3 Å². The Morgan fingerprint density at radius 2 is 1.84 bits per heavy atom. The number of aliphatic imine (C=N–C) groups is 1. The van der Waals surface area contributed by atoms with Gasteiger partial charge < -0.3 is 4.90 Å². The summed E-state index contributed by atoms with van der Waals surface area (Å²) in [5.74, 6) is 2.23. The molecular weight excluding hydrogens is 232 g/mol. The van der Waals surface area contributed by atoms with Gasteiger partial charge in [0.2, 0.25) is 0 Å². The van der Waals surface area contributed by atoms with Gasteiger partial charge in [-0.05, 0) is 58.3 Å². The number of hydrogen-bond donors (Lipinski definition) is 0. The number of fused-ring (bicyclic) bond motifs is 1. The lowest BCUT2D eigenvalue weighted by molar-refractivity contribution is 0.0223. The maximum atomic E-state index is 4.92. The van der Waals surface area contributed by atoms with Crippen LogP contribution in [0.3, 0.4) is 0 Å². The molecule has 0 aromatic heterocycles. The van der Waals surface area contributed by atoms with E-state index in [1.165, 1.54) is 37.9 Å². The molecule has 2 heteroatoms. The molecule has 0 aromatic carbocycles. The second kappa shape index (κ2) is 5.46. The number of piperidine rings is 1. The number of likely N-dealkylation sites (tertiary alicyclic amines) is 1. The molecule has 1 saturated carbocycles. The molecule has 2 unspecified atom stereocenters. The van der Waals surface area contributed by atoms with Crippen molar-refractivity contribution in [1.29, 1.82) is 0 Å². The highest BCUT2D eigenvalue weighted by molar-refractivity contribution is 5.84. The molecule has 110 valence electrons. The molecular formula is C17H32N2. The summed E-state index contributed by atoms with van der Waals surface area (Å²) in [5, 5.41) is 0. The summed E-state index contributed by atoms with van der Waals surface area (Å²) in [6, 6.07) is 1.73. The molecule has 2 fully saturated rings. The first-order valence-corrected chi connectivity index (χ1v) is 8.18. The van der Waals surface area contributed by atoms with E-state index in [4.69, 9.17) is 4.99 Å².